The van der Waals surface area contributed by atoms with Crippen LogP contribution in [0.4, 0.5) is 5.13 Å². The van der Waals surface area contributed by atoms with E-state index < -0.39 is 6.04 Å². The van der Waals surface area contributed by atoms with Crippen molar-refractivity contribution in [2.24, 2.45) is 0 Å². The number of hydrogen-bond acceptors (Lipinski definition) is 6. The van der Waals surface area contributed by atoms with E-state index in [9.17, 15) is 9.59 Å². The van der Waals surface area contributed by atoms with Crippen molar-refractivity contribution in [3.63, 3.8) is 0 Å². The predicted octanol–water partition coefficient (Wildman–Crippen LogP) is 4.85. The highest BCUT2D eigenvalue weighted by Crippen LogP contribution is 2.28. The Hall–Kier alpha value is -3.75. The number of methoxy groups -OCH3 is 1. The Morgan fingerprint density at radius 2 is 1.76 bits per heavy atom. The molecule has 1 atom stereocenters. The third-order valence-corrected chi connectivity index (χ3v) is 6.12. The molecule has 0 saturated carbocycles. The zero-order valence-corrected chi connectivity index (χ0v) is 19.8. The molecule has 3 aromatic carbocycles. The van der Waals surface area contributed by atoms with E-state index in [1.807, 2.05) is 54.6 Å². The summed E-state index contributed by atoms with van der Waals surface area (Å²) in [5.41, 5.74) is 2.15. The topological polar surface area (TPSA) is 93.2 Å². The lowest BCUT2D eigenvalue weighted by Crippen LogP contribution is -2.45. The number of nitrogens with one attached hydrogen (secondary N) is 2. The minimum atomic E-state index is -0.824. The monoisotopic (exact) mass is 492 g/mol. The summed E-state index contributed by atoms with van der Waals surface area (Å²) in [6.07, 6.45) is 0.313. The molecule has 4 rings (SSSR count). The first-order valence-electron chi connectivity index (χ1n) is 10.4. The second-order valence-electron chi connectivity index (χ2n) is 7.36. The van der Waals surface area contributed by atoms with Gasteiger partial charge in [0.1, 0.15) is 16.8 Å². The molecule has 2 N–H and O–H groups in total. The molecule has 2 amide bonds. The fraction of sp³-hybridized carbons (Fsp3) is 0.120. The van der Waals surface area contributed by atoms with Crippen LogP contribution in [0.25, 0.3) is 10.6 Å². The summed E-state index contributed by atoms with van der Waals surface area (Å²) >= 11 is 7.16. The Balaban J connectivity index is 1.51. The van der Waals surface area contributed by atoms with Gasteiger partial charge in [-0.05, 0) is 42.0 Å². The Bertz CT molecular complexity index is 1280. The fourth-order valence-electron chi connectivity index (χ4n) is 3.24. The number of anilines is 1. The third kappa shape index (κ3) is 5.98. The van der Waals surface area contributed by atoms with Crippen LogP contribution in [-0.4, -0.2) is 35.2 Å². The molecule has 0 saturated heterocycles. The maximum Gasteiger partial charge on any atom is 0.251 e. The van der Waals surface area contributed by atoms with Crippen LogP contribution in [0.3, 0.4) is 0 Å². The first-order chi connectivity index (χ1) is 16.5. The maximum atomic E-state index is 13.2. The fourth-order valence-corrected chi connectivity index (χ4v) is 4.11. The van der Waals surface area contributed by atoms with Crippen molar-refractivity contribution in [1.29, 1.82) is 0 Å². The van der Waals surface area contributed by atoms with Gasteiger partial charge in [0.05, 0.1) is 7.11 Å². The van der Waals surface area contributed by atoms with Gasteiger partial charge in [0.15, 0.2) is 0 Å². The lowest BCUT2D eigenvalue weighted by Gasteiger charge is -2.18. The zero-order chi connectivity index (χ0) is 23.9. The molecule has 34 heavy (non-hydrogen) atoms. The SMILES string of the molecule is COc1cccc(-c2nnc(NC(=O)[C@H](Cc3ccccc3)NC(=O)c3ccc(Cl)cc3)s2)c1. The molecule has 7 nitrogen and oxygen atoms in total. The van der Waals surface area contributed by atoms with Gasteiger partial charge in [-0.25, -0.2) is 0 Å². The van der Waals surface area contributed by atoms with Gasteiger partial charge in [-0.1, -0.05) is 65.4 Å². The maximum absolute atomic E-state index is 13.2. The first kappa shape index (κ1) is 23.4. The minimum absolute atomic E-state index is 0.313. The summed E-state index contributed by atoms with van der Waals surface area (Å²) < 4.78 is 5.25. The van der Waals surface area contributed by atoms with Gasteiger partial charge in [0.25, 0.3) is 5.91 Å². The van der Waals surface area contributed by atoms with E-state index in [2.05, 4.69) is 20.8 Å². The van der Waals surface area contributed by atoms with Crippen molar-refractivity contribution in [1.82, 2.24) is 15.5 Å². The lowest BCUT2D eigenvalue weighted by atomic mass is 10.0. The van der Waals surface area contributed by atoms with E-state index in [-0.39, 0.29) is 11.8 Å². The summed E-state index contributed by atoms with van der Waals surface area (Å²) in [5, 5.41) is 15.4. The van der Waals surface area contributed by atoms with Gasteiger partial charge in [0, 0.05) is 22.6 Å². The van der Waals surface area contributed by atoms with Crippen molar-refractivity contribution >= 4 is 39.9 Å². The highest BCUT2D eigenvalue weighted by molar-refractivity contribution is 7.18. The molecule has 0 bridgehead atoms. The van der Waals surface area contributed by atoms with Gasteiger partial charge in [-0.3, -0.25) is 14.9 Å². The molecule has 0 spiro atoms. The molecular formula is C25H21ClN4O3S. The van der Waals surface area contributed by atoms with Crippen molar-refractivity contribution in [2.45, 2.75) is 12.5 Å². The molecule has 0 aliphatic carbocycles. The van der Waals surface area contributed by atoms with E-state index in [0.717, 1.165) is 11.1 Å². The van der Waals surface area contributed by atoms with Crippen LogP contribution >= 0.6 is 22.9 Å². The van der Waals surface area contributed by atoms with E-state index in [0.29, 0.717) is 32.9 Å². The van der Waals surface area contributed by atoms with Crippen LogP contribution < -0.4 is 15.4 Å². The van der Waals surface area contributed by atoms with Crippen LogP contribution in [0.15, 0.2) is 78.9 Å². The second kappa shape index (κ2) is 10.9. The van der Waals surface area contributed by atoms with Crippen molar-refractivity contribution in [3.05, 3.63) is 95.0 Å². The number of hydrogen-bond donors (Lipinski definition) is 2. The van der Waals surface area contributed by atoms with E-state index in [1.54, 1.807) is 31.4 Å². The molecule has 0 unspecified atom stereocenters. The largest absolute Gasteiger partial charge is 0.497 e. The average molecular weight is 493 g/mol. The molecular weight excluding hydrogens is 472 g/mol. The van der Waals surface area contributed by atoms with Crippen molar-refractivity contribution in [3.8, 4) is 16.3 Å². The van der Waals surface area contributed by atoms with Gasteiger partial charge in [0.2, 0.25) is 11.0 Å². The minimum Gasteiger partial charge on any atom is -0.497 e. The molecule has 0 fully saturated rings. The Labute approximate surface area is 205 Å². The molecule has 9 heteroatoms. The number of rotatable bonds is 8. The molecule has 0 aliphatic rings. The normalized spacial score (nSPS) is 11.5. The number of carbonyl (C=O) groups excluding carboxylic acids is 2. The predicted molar refractivity (Wildman–Crippen MR) is 133 cm³/mol. The zero-order valence-electron chi connectivity index (χ0n) is 18.2. The summed E-state index contributed by atoms with van der Waals surface area (Å²) in [7, 11) is 1.59. The molecule has 0 radical (unpaired) electrons. The standard InChI is InChI=1S/C25H21ClN4O3S/c1-33-20-9-5-8-18(15-20)24-29-30-25(34-24)28-23(32)21(14-16-6-3-2-4-7-16)27-22(31)17-10-12-19(26)13-11-17/h2-13,15,21H,14H2,1H3,(H,27,31)(H,28,30,32)/t21-/m0/s1. The lowest BCUT2D eigenvalue weighted by molar-refractivity contribution is -0.118. The van der Waals surface area contributed by atoms with Gasteiger partial charge < -0.3 is 10.1 Å². The van der Waals surface area contributed by atoms with Crippen LogP contribution in [0.1, 0.15) is 15.9 Å². The molecule has 1 aromatic heterocycles. The average Bonchev–Trinajstić information content (AvgIpc) is 3.33. The molecule has 172 valence electrons. The van der Waals surface area contributed by atoms with Gasteiger partial charge in [-0.2, -0.15) is 0 Å². The molecule has 0 aliphatic heterocycles. The number of amides is 2. The Morgan fingerprint density at radius 1 is 1.00 bits per heavy atom. The number of ether oxygens (including phenoxy) is 1. The number of benzene rings is 3. The van der Waals surface area contributed by atoms with Crippen LogP contribution in [0, 0.1) is 0 Å². The summed E-state index contributed by atoms with van der Waals surface area (Å²) in [6.45, 7) is 0. The quantitative estimate of drug-likeness (QED) is 0.367. The second-order valence-corrected chi connectivity index (χ2v) is 8.77. The van der Waals surface area contributed by atoms with Gasteiger partial charge >= 0.3 is 0 Å². The van der Waals surface area contributed by atoms with Crippen LogP contribution in [0.2, 0.25) is 5.02 Å². The number of carbonyl (C=O) groups is 2. The summed E-state index contributed by atoms with van der Waals surface area (Å²) in [5.74, 6) is -0.0623. The van der Waals surface area contributed by atoms with Crippen LogP contribution in [-0.2, 0) is 11.2 Å². The molecule has 4 aromatic rings. The van der Waals surface area contributed by atoms with E-state index in [1.165, 1.54) is 11.3 Å². The first-order valence-corrected chi connectivity index (χ1v) is 11.6. The highest BCUT2D eigenvalue weighted by Gasteiger charge is 2.23. The van der Waals surface area contributed by atoms with E-state index >= 15 is 0 Å². The van der Waals surface area contributed by atoms with Gasteiger partial charge in [-0.15, -0.1) is 10.2 Å². The molecule has 1 heterocycles. The number of aromatic nitrogens is 2. The smallest absolute Gasteiger partial charge is 0.251 e. The number of halogens is 1. The highest BCUT2D eigenvalue weighted by atomic mass is 35.5. The summed E-state index contributed by atoms with van der Waals surface area (Å²) in [6, 6.07) is 22.6. The van der Waals surface area contributed by atoms with Crippen LogP contribution in [0.5, 0.6) is 5.75 Å². The van der Waals surface area contributed by atoms with Crippen molar-refractivity contribution in [2.75, 3.05) is 12.4 Å². The van der Waals surface area contributed by atoms with Crippen molar-refractivity contribution < 1.29 is 14.3 Å². The summed E-state index contributed by atoms with van der Waals surface area (Å²) in [4.78, 5) is 25.9. The number of nitrogens with zero attached hydrogens (tertiary/aromatic N) is 2. The Kier molecular flexibility index (Phi) is 7.51. The van der Waals surface area contributed by atoms with E-state index in [4.69, 9.17) is 16.3 Å². The third-order valence-electron chi connectivity index (χ3n) is 4.98. The Morgan fingerprint density at radius 3 is 2.50 bits per heavy atom.